The van der Waals surface area contributed by atoms with Gasteiger partial charge in [-0.1, -0.05) is 36.9 Å². The molecule has 1 aromatic rings. The van der Waals surface area contributed by atoms with Crippen molar-refractivity contribution in [1.29, 1.82) is 0 Å². The van der Waals surface area contributed by atoms with Gasteiger partial charge in [0, 0.05) is 19.4 Å². The molecule has 3 rings (SSSR count). The van der Waals surface area contributed by atoms with Crippen molar-refractivity contribution in [1.82, 2.24) is 0 Å². The zero-order chi connectivity index (χ0) is 28.5. The molecule has 0 aromatic heterocycles. The van der Waals surface area contributed by atoms with E-state index < -0.39 is 17.5 Å². The van der Waals surface area contributed by atoms with E-state index in [1.165, 1.54) is 0 Å². The highest BCUT2D eigenvalue weighted by Gasteiger charge is 2.45. The second-order valence-corrected chi connectivity index (χ2v) is 14.8. The van der Waals surface area contributed by atoms with E-state index in [2.05, 4.69) is 13.2 Å². The molecule has 2 N–H and O–H groups in total. The third kappa shape index (κ3) is 11.1. The van der Waals surface area contributed by atoms with Gasteiger partial charge in [0.2, 0.25) is 0 Å². The second kappa shape index (κ2) is 14.8. The van der Waals surface area contributed by atoms with Gasteiger partial charge in [-0.3, -0.25) is 0 Å². The van der Waals surface area contributed by atoms with E-state index >= 15 is 0 Å². The average molecular weight is 581 g/mol. The van der Waals surface area contributed by atoms with Gasteiger partial charge in [-0.05, 0) is 82.1 Å². The summed E-state index contributed by atoms with van der Waals surface area (Å²) >= 11 is 3.87. The number of aliphatic hydroxyl groups is 2. The first kappa shape index (κ1) is 32.5. The Labute approximate surface area is 243 Å². The Morgan fingerprint density at radius 3 is 2.51 bits per heavy atom. The predicted molar refractivity (Wildman–Crippen MR) is 162 cm³/mol. The van der Waals surface area contributed by atoms with Crippen molar-refractivity contribution in [2.45, 2.75) is 106 Å². The first-order valence-electron chi connectivity index (χ1n) is 14.0. The Balaban J connectivity index is 1.57. The molecule has 1 aromatic carbocycles. The summed E-state index contributed by atoms with van der Waals surface area (Å²) in [6.45, 7) is 14.6. The van der Waals surface area contributed by atoms with Crippen LogP contribution < -0.4 is 4.74 Å². The van der Waals surface area contributed by atoms with Crippen molar-refractivity contribution < 1.29 is 29.2 Å². The Morgan fingerprint density at radius 1 is 1.21 bits per heavy atom. The third-order valence-electron chi connectivity index (χ3n) is 7.11. The van der Waals surface area contributed by atoms with Crippen molar-refractivity contribution in [2.24, 2.45) is 0 Å². The molecule has 0 spiro atoms. The van der Waals surface area contributed by atoms with Crippen LogP contribution in [0.4, 0.5) is 0 Å². The van der Waals surface area contributed by atoms with Crippen LogP contribution >= 0.6 is 23.5 Å². The minimum Gasteiger partial charge on any atom is -0.497 e. The molecule has 2 saturated heterocycles. The van der Waals surface area contributed by atoms with Crippen molar-refractivity contribution in [3.63, 3.8) is 0 Å². The molecule has 4 atom stereocenters. The number of benzene rings is 1. The van der Waals surface area contributed by atoms with E-state index in [1.807, 2.05) is 68.6 Å². The summed E-state index contributed by atoms with van der Waals surface area (Å²) in [5.74, 6) is 2.28. The molecule has 2 aliphatic heterocycles. The minimum absolute atomic E-state index is 0.0136. The number of rotatable bonds is 15. The molecule has 220 valence electrons. The topological polar surface area (TPSA) is 77.4 Å². The van der Waals surface area contributed by atoms with E-state index in [0.717, 1.165) is 54.1 Å². The molecule has 0 amide bonds. The quantitative estimate of drug-likeness (QED) is 0.180. The van der Waals surface area contributed by atoms with Crippen LogP contribution in [0.15, 0.2) is 49.1 Å². The Bertz CT molecular complexity index is 910. The maximum atomic E-state index is 11.4. The highest BCUT2D eigenvalue weighted by atomic mass is 32.2. The van der Waals surface area contributed by atoms with Gasteiger partial charge >= 0.3 is 0 Å². The lowest BCUT2D eigenvalue weighted by Gasteiger charge is -2.47. The zero-order valence-corrected chi connectivity index (χ0v) is 25.8. The number of thioether (sulfide) groups is 2. The summed E-state index contributed by atoms with van der Waals surface area (Å²) in [6.07, 6.45) is 5.95. The van der Waals surface area contributed by atoms with Gasteiger partial charge in [0.25, 0.3) is 0 Å². The second-order valence-electron chi connectivity index (χ2n) is 11.6. The average Bonchev–Trinajstić information content (AvgIpc) is 2.85. The number of hydrogen-bond acceptors (Lipinski definition) is 8. The van der Waals surface area contributed by atoms with Gasteiger partial charge in [0.15, 0.2) is 5.79 Å². The van der Waals surface area contributed by atoms with Gasteiger partial charge in [-0.15, -0.1) is 23.5 Å². The molecular formula is C31H48O6S2. The lowest BCUT2D eigenvalue weighted by molar-refractivity contribution is -0.302. The molecule has 2 heterocycles. The first-order chi connectivity index (χ1) is 18.4. The van der Waals surface area contributed by atoms with E-state index in [4.69, 9.17) is 18.9 Å². The third-order valence-corrected chi connectivity index (χ3v) is 10.5. The fraction of sp³-hybridized carbons (Fsp3) is 0.677. The van der Waals surface area contributed by atoms with Crippen LogP contribution in [-0.2, 0) is 20.8 Å². The maximum Gasteiger partial charge on any atom is 0.163 e. The van der Waals surface area contributed by atoms with E-state index in [1.54, 1.807) is 13.2 Å². The van der Waals surface area contributed by atoms with Crippen LogP contribution in [0.25, 0.3) is 0 Å². The van der Waals surface area contributed by atoms with Gasteiger partial charge in [0.05, 0.1) is 41.7 Å². The molecule has 0 saturated carbocycles. The van der Waals surface area contributed by atoms with Gasteiger partial charge < -0.3 is 29.2 Å². The first-order valence-corrected chi connectivity index (χ1v) is 16.0. The molecule has 0 radical (unpaired) electrons. The van der Waals surface area contributed by atoms with Crippen molar-refractivity contribution in [2.75, 3.05) is 25.2 Å². The highest BCUT2D eigenvalue weighted by Crippen LogP contribution is 2.52. The van der Waals surface area contributed by atoms with Gasteiger partial charge in [0.1, 0.15) is 5.75 Å². The van der Waals surface area contributed by atoms with Gasteiger partial charge in [-0.2, -0.15) is 0 Å². The van der Waals surface area contributed by atoms with Crippen molar-refractivity contribution >= 4 is 23.5 Å². The number of methoxy groups -OCH3 is 1. The lowest BCUT2D eigenvalue weighted by atomic mass is 9.88. The molecule has 39 heavy (non-hydrogen) atoms. The Kier molecular flexibility index (Phi) is 12.3. The van der Waals surface area contributed by atoms with Crippen LogP contribution in [0.3, 0.4) is 0 Å². The minimum atomic E-state index is -1.01. The van der Waals surface area contributed by atoms with Crippen molar-refractivity contribution in [3.05, 3.63) is 54.6 Å². The molecule has 0 bridgehead atoms. The van der Waals surface area contributed by atoms with Crippen LogP contribution in [0, 0.1) is 0 Å². The summed E-state index contributed by atoms with van der Waals surface area (Å²) in [5, 5.41) is 22.0. The normalized spacial score (nSPS) is 24.9. The fourth-order valence-electron chi connectivity index (χ4n) is 5.52. The fourth-order valence-corrected chi connectivity index (χ4v) is 9.29. The lowest BCUT2D eigenvalue weighted by Crippen LogP contribution is -2.48. The smallest absolute Gasteiger partial charge is 0.163 e. The maximum absolute atomic E-state index is 11.4. The van der Waals surface area contributed by atoms with Crippen LogP contribution in [0.5, 0.6) is 5.75 Å². The summed E-state index contributed by atoms with van der Waals surface area (Å²) in [7, 11) is 1.66. The Morgan fingerprint density at radius 2 is 1.87 bits per heavy atom. The van der Waals surface area contributed by atoms with Crippen molar-refractivity contribution in [3.8, 4) is 5.75 Å². The van der Waals surface area contributed by atoms with Crippen LogP contribution in [0.1, 0.15) is 71.3 Å². The largest absolute Gasteiger partial charge is 0.497 e. The van der Waals surface area contributed by atoms with Crippen LogP contribution in [0.2, 0.25) is 0 Å². The van der Waals surface area contributed by atoms with E-state index in [0.29, 0.717) is 32.5 Å². The molecule has 0 unspecified atom stereocenters. The number of ether oxygens (including phenoxy) is 4. The molecule has 6 nitrogen and oxygen atoms in total. The van der Waals surface area contributed by atoms with Gasteiger partial charge in [-0.25, -0.2) is 0 Å². The standard InChI is InChI=1S/C31H48O6S2/c1-7-23(2)17-25(32)19-30(5,33)22-31(38-15-8-16-39-31)20-28-18-27(36-29(3,4)37-28)13-14-35-21-24-9-11-26(34-6)12-10-24/h7,9-12,25,27-28,32-33H,1-2,8,13-22H2,3-6H3/t25-,27-,28-,30-/m0/s1. The SMILES string of the molecule is C=CC(=C)C[C@H](O)C[C@](C)(O)CC1(C[C@@H]2C[C@H](CCOCc3ccc(OC)cc3)OC(C)(C)O2)SCCCS1. The molecule has 2 aliphatic rings. The number of aliphatic hydroxyl groups excluding tert-OH is 1. The molecule has 0 aliphatic carbocycles. The predicted octanol–water partition coefficient (Wildman–Crippen LogP) is 6.49. The van der Waals surface area contributed by atoms with E-state index in [9.17, 15) is 10.2 Å². The molecular weight excluding hydrogens is 532 g/mol. The number of hydrogen-bond donors (Lipinski definition) is 2. The summed E-state index contributed by atoms with van der Waals surface area (Å²) in [5.41, 5.74) is 0.889. The van der Waals surface area contributed by atoms with Crippen LogP contribution in [-0.4, -0.2) is 69.2 Å². The molecule has 8 heteroatoms. The summed E-state index contributed by atoms with van der Waals surface area (Å²) in [4.78, 5) is 0. The highest BCUT2D eigenvalue weighted by molar-refractivity contribution is 8.18. The summed E-state index contributed by atoms with van der Waals surface area (Å²) in [6, 6.07) is 7.93. The zero-order valence-electron chi connectivity index (χ0n) is 24.2. The summed E-state index contributed by atoms with van der Waals surface area (Å²) < 4.78 is 23.7. The monoisotopic (exact) mass is 580 g/mol. The van der Waals surface area contributed by atoms with E-state index in [-0.39, 0.29) is 16.3 Å². The number of allylic oxidation sites excluding steroid dienone is 1. The Hall–Kier alpha value is -1.00. The molecule has 2 fully saturated rings.